The number of carbonyl (C=O) groups is 1. The van der Waals surface area contributed by atoms with Gasteiger partial charge < -0.3 is 10.1 Å². The molecule has 0 aliphatic heterocycles. The molecule has 0 aliphatic rings. The number of ether oxygens (including phenoxy) is 1. The lowest BCUT2D eigenvalue weighted by atomic mass is 10.2. The van der Waals surface area contributed by atoms with E-state index in [9.17, 15) is 18.0 Å². The van der Waals surface area contributed by atoms with Gasteiger partial charge in [-0.25, -0.2) is 0 Å². The number of anilines is 1. The number of hydrogen-bond donors (Lipinski definition) is 1. The van der Waals surface area contributed by atoms with Crippen LogP contribution >= 0.6 is 11.6 Å². The van der Waals surface area contributed by atoms with Crippen molar-refractivity contribution in [3.8, 4) is 0 Å². The van der Waals surface area contributed by atoms with Crippen LogP contribution < -0.4 is 5.32 Å². The Hall–Kier alpha value is -1.43. The van der Waals surface area contributed by atoms with Crippen LogP contribution in [-0.4, -0.2) is 18.1 Å². The first kappa shape index (κ1) is 17.6. The fourth-order valence-electron chi connectivity index (χ4n) is 1.56. The quantitative estimate of drug-likeness (QED) is 0.829. The smallest absolute Gasteiger partial charge is 0.417 e. The number of halogens is 4. The molecule has 0 amide bonds. The lowest BCUT2D eigenvalue weighted by Crippen LogP contribution is -2.25. The van der Waals surface area contributed by atoms with Crippen molar-refractivity contribution in [1.29, 1.82) is 0 Å². The summed E-state index contributed by atoms with van der Waals surface area (Å²) in [7, 11) is 0. The van der Waals surface area contributed by atoms with Crippen LogP contribution in [0.25, 0.3) is 0 Å². The minimum Gasteiger partial charge on any atom is -0.460 e. The Bertz CT molecular complexity index is 510. The molecule has 3 nitrogen and oxygen atoms in total. The maximum atomic E-state index is 12.5. The fraction of sp³-hybridized carbons (Fsp3) is 0.500. The molecule has 0 bridgehead atoms. The summed E-state index contributed by atoms with van der Waals surface area (Å²) in [4.78, 5) is 11.5. The number of benzene rings is 1. The number of nitrogens with one attached hydrogen (secondary N) is 1. The highest BCUT2D eigenvalue weighted by Gasteiger charge is 2.33. The second kappa shape index (κ2) is 6.56. The molecule has 1 rings (SSSR count). The van der Waals surface area contributed by atoms with E-state index in [1.54, 1.807) is 20.8 Å². The van der Waals surface area contributed by atoms with Gasteiger partial charge in [-0.05, 0) is 39.0 Å². The van der Waals surface area contributed by atoms with Crippen molar-refractivity contribution in [2.45, 2.75) is 39.0 Å². The van der Waals surface area contributed by atoms with Gasteiger partial charge in [0, 0.05) is 12.2 Å². The van der Waals surface area contributed by atoms with Crippen molar-refractivity contribution in [3.63, 3.8) is 0 Å². The highest BCUT2D eigenvalue weighted by atomic mass is 35.5. The number of carbonyl (C=O) groups excluding carboxylic acids is 1. The molecule has 7 heteroatoms. The van der Waals surface area contributed by atoms with Crippen LogP contribution in [0.5, 0.6) is 0 Å². The van der Waals surface area contributed by atoms with Crippen molar-refractivity contribution in [1.82, 2.24) is 0 Å². The van der Waals surface area contributed by atoms with Crippen molar-refractivity contribution < 1.29 is 22.7 Å². The molecule has 0 atom stereocenters. The van der Waals surface area contributed by atoms with Crippen molar-refractivity contribution >= 4 is 23.3 Å². The predicted molar refractivity (Wildman–Crippen MR) is 75.4 cm³/mol. The molecule has 0 fully saturated rings. The minimum absolute atomic E-state index is 0.107. The molecule has 0 aliphatic carbocycles. The third-order valence-electron chi connectivity index (χ3n) is 2.35. The van der Waals surface area contributed by atoms with Crippen LogP contribution in [0.2, 0.25) is 5.02 Å². The molecule has 0 heterocycles. The van der Waals surface area contributed by atoms with Crippen LogP contribution in [0.15, 0.2) is 18.2 Å². The maximum Gasteiger partial charge on any atom is 0.417 e. The molecule has 1 N–H and O–H groups in total. The second-order valence-electron chi connectivity index (χ2n) is 5.46. The number of esters is 1. The summed E-state index contributed by atoms with van der Waals surface area (Å²) in [5.74, 6) is -0.381. The SMILES string of the molecule is CC(C)(C)OC(=O)CCNc1ccc(C(F)(F)F)c(Cl)c1. The Labute approximate surface area is 126 Å². The standard InChI is InChI=1S/C14H17ClF3NO2/c1-13(2,3)21-12(20)6-7-19-9-4-5-10(11(15)8-9)14(16,17)18/h4-5,8,19H,6-7H2,1-3H3. The third-order valence-corrected chi connectivity index (χ3v) is 2.67. The van der Waals surface area contributed by atoms with Crippen LogP contribution in [0.3, 0.4) is 0 Å². The summed E-state index contributed by atoms with van der Waals surface area (Å²) in [5, 5.41) is 2.44. The van der Waals surface area contributed by atoms with Crippen LogP contribution in [0, 0.1) is 0 Å². The zero-order valence-corrected chi connectivity index (χ0v) is 12.7. The van der Waals surface area contributed by atoms with E-state index in [-0.39, 0.29) is 24.0 Å². The molecule has 0 unspecified atom stereocenters. The molecule has 0 aromatic heterocycles. The normalized spacial score (nSPS) is 12.1. The topological polar surface area (TPSA) is 38.3 Å². The summed E-state index contributed by atoms with van der Waals surface area (Å²) >= 11 is 5.59. The van der Waals surface area contributed by atoms with E-state index in [2.05, 4.69) is 5.32 Å². The van der Waals surface area contributed by atoms with Gasteiger partial charge in [0.2, 0.25) is 0 Å². The van der Waals surface area contributed by atoms with Crippen molar-refractivity contribution in [3.05, 3.63) is 28.8 Å². The van der Waals surface area contributed by atoms with Gasteiger partial charge in [-0.2, -0.15) is 13.2 Å². The Morgan fingerprint density at radius 2 is 1.90 bits per heavy atom. The summed E-state index contributed by atoms with van der Waals surface area (Å²) in [6.45, 7) is 5.52. The van der Waals surface area contributed by atoms with E-state index in [1.165, 1.54) is 12.1 Å². The average molecular weight is 324 g/mol. The summed E-state index contributed by atoms with van der Waals surface area (Å²) < 4.78 is 42.7. The molecule has 0 radical (unpaired) electrons. The van der Waals surface area contributed by atoms with Gasteiger partial charge >= 0.3 is 12.1 Å². The number of alkyl halides is 3. The summed E-state index contributed by atoms with van der Waals surface area (Å²) in [6, 6.07) is 3.35. The van der Waals surface area contributed by atoms with Crippen molar-refractivity contribution in [2.75, 3.05) is 11.9 Å². The molecule has 118 valence electrons. The van der Waals surface area contributed by atoms with Crippen LogP contribution in [0.1, 0.15) is 32.8 Å². The molecular formula is C14H17ClF3NO2. The van der Waals surface area contributed by atoms with Crippen LogP contribution in [0.4, 0.5) is 18.9 Å². The van der Waals surface area contributed by atoms with E-state index in [0.29, 0.717) is 5.69 Å². The zero-order valence-electron chi connectivity index (χ0n) is 12.0. The number of rotatable bonds is 4. The van der Waals surface area contributed by atoms with E-state index >= 15 is 0 Å². The third kappa shape index (κ3) is 6.25. The minimum atomic E-state index is -4.48. The Kier molecular flexibility index (Phi) is 5.50. The lowest BCUT2D eigenvalue weighted by molar-refractivity contribution is -0.154. The van der Waals surface area contributed by atoms with Gasteiger partial charge in [0.25, 0.3) is 0 Å². The lowest BCUT2D eigenvalue weighted by Gasteiger charge is -2.19. The molecule has 0 spiro atoms. The molecule has 0 saturated heterocycles. The Balaban J connectivity index is 2.54. The van der Waals surface area contributed by atoms with E-state index in [0.717, 1.165) is 6.07 Å². The molecule has 1 aromatic rings. The Morgan fingerprint density at radius 3 is 2.38 bits per heavy atom. The van der Waals surface area contributed by atoms with Gasteiger partial charge in [-0.15, -0.1) is 0 Å². The molecule has 0 saturated carbocycles. The van der Waals surface area contributed by atoms with Gasteiger partial charge in [0.1, 0.15) is 5.60 Å². The maximum absolute atomic E-state index is 12.5. The summed E-state index contributed by atoms with van der Waals surface area (Å²) in [6.07, 6.45) is -4.37. The van der Waals surface area contributed by atoms with E-state index < -0.39 is 17.3 Å². The van der Waals surface area contributed by atoms with Crippen molar-refractivity contribution in [2.24, 2.45) is 0 Å². The highest BCUT2D eigenvalue weighted by Crippen LogP contribution is 2.35. The molecule has 1 aromatic carbocycles. The Morgan fingerprint density at radius 1 is 1.29 bits per heavy atom. The first-order valence-electron chi connectivity index (χ1n) is 6.31. The average Bonchev–Trinajstić information content (AvgIpc) is 2.24. The van der Waals surface area contributed by atoms with E-state index in [4.69, 9.17) is 16.3 Å². The van der Waals surface area contributed by atoms with Crippen LogP contribution in [-0.2, 0) is 15.7 Å². The monoisotopic (exact) mass is 323 g/mol. The molecular weight excluding hydrogens is 307 g/mol. The zero-order chi connectivity index (χ0) is 16.3. The summed E-state index contributed by atoms with van der Waals surface area (Å²) in [5.41, 5.74) is -1.03. The highest BCUT2D eigenvalue weighted by molar-refractivity contribution is 6.31. The van der Waals surface area contributed by atoms with Gasteiger partial charge in [0.05, 0.1) is 17.0 Å². The molecule has 21 heavy (non-hydrogen) atoms. The predicted octanol–water partition coefficient (Wildman–Crippen LogP) is 4.50. The fourth-order valence-corrected chi connectivity index (χ4v) is 1.84. The van der Waals surface area contributed by atoms with E-state index in [1.807, 2.05) is 0 Å². The van der Waals surface area contributed by atoms with Gasteiger partial charge in [-0.3, -0.25) is 4.79 Å². The number of hydrogen-bond acceptors (Lipinski definition) is 3. The first-order chi connectivity index (χ1) is 9.49. The second-order valence-corrected chi connectivity index (χ2v) is 5.86. The van der Waals surface area contributed by atoms with Gasteiger partial charge in [0.15, 0.2) is 0 Å². The first-order valence-corrected chi connectivity index (χ1v) is 6.69. The van der Waals surface area contributed by atoms with Gasteiger partial charge in [-0.1, -0.05) is 11.6 Å². The largest absolute Gasteiger partial charge is 0.460 e.